The van der Waals surface area contributed by atoms with E-state index in [4.69, 9.17) is 0 Å². The number of nitrogens with zero attached hydrogens (tertiary/aromatic N) is 3. The van der Waals surface area contributed by atoms with Crippen LogP contribution in [-0.4, -0.2) is 40.3 Å². The molecule has 2 heterocycles. The molecule has 1 fully saturated rings. The van der Waals surface area contributed by atoms with Crippen molar-refractivity contribution in [1.82, 2.24) is 15.2 Å². The van der Waals surface area contributed by atoms with Crippen molar-refractivity contribution in [2.45, 2.75) is 26.3 Å². The fourth-order valence-electron chi connectivity index (χ4n) is 3.44. The number of nitro groups is 1. The Bertz CT molecular complexity index is 802. The molecule has 2 aromatic rings. The molecule has 1 aliphatic rings. The van der Waals surface area contributed by atoms with E-state index in [0.29, 0.717) is 23.6 Å². The van der Waals surface area contributed by atoms with E-state index in [1.54, 1.807) is 19.2 Å². The number of benzene rings is 1. The smallest absolute Gasteiger partial charge is 0.272 e. The predicted molar refractivity (Wildman–Crippen MR) is 102 cm³/mol. The zero-order valence-corrected chi connectivity index (χ0v) is 15.4. The standard InChI is InChI=1S/C20H24N4O3/c1-15-11-18(4-5-19(15)24(26)27)20(25)22-13-16-6-9-23(10-7-16)14-17-3-2-8-21-12-17/h2-5,8,11-12,16H,6-7,9-10,13-14H2,1H3,(H,22,25). The molecule has 0 bridgehead atoms. The second-order valence-electron chi connectivity index (χ2n) is 7.05. The van der Waals surface area contributed by atoms with E-state index in [-0.39, 0.29) is 11.6 Å². The van der Waals surface area contributed by atoms with Crippen LogP contribution in [0.4, 0.5) is 5.69 Å². The Morgan fingerprint density at radius 3 is 2.74 bits per heavy atom. The van der Waals surface area contributed by atoms with Crippen molar-refractivity contribution >= 4 is 11.6 Å². The second-order valence-corrected chi connectivity index (χ2v) is 7.05. The molecule has 0 atom stereocenters. The number of aromatic nitrogens is 1. The van der Waals surface area contributed by atoms with Gasteiger partial charge in [0.2, 0.25) is 0 Å². The minimum absolute atomic E-state index is 0.0348. The fraction of sp³-hybridized carbons (Fsp3) is 0.400. The lowest BCUT2D eigenvalue weighted by Gasteiger charge is -2.32. The molecule has 0 radical (unpaired) electrons. The van der Waals surface area contributed by atoms with Crippen LogP contribution in [0.1, 0.15) is 34.3 Å². The Morgan fingerprint density at radius 1 is 1.33 bits per heavy atom. The van der Waals surface area contributed by atoms with Gasteiger partial charge in [0.1, 0.15) is 0 Å². The van der Waals surface area contributed by atoms with Crippen LogP contribution in [-0.2, 0) is 6.54 Å². The summed E-state index contributed by atoms with van der Waals surface area (Å²) in [5.41, 5.74) is 2.22. The molecule has 1 aromatic heterocycles. The largest absolute Gasteiger partial charge is 0.352 e. The van der Waals surface area contributed by atoms with Gasteiger partial charge in [0.15, 0.2) is 0 Å². The molecule has 1 saturated heterocycles. The van der Waals surface area contributed by atoms with E-state index >= 15 is 0 Å². The molecular weight excluding hydrogens is 344 g/mol. The highest BCUT2D eigenvalue weighted by molar-refractivity contribution is 5.94. The first-order valence-corrected chi connectivity index (χ1v) is 9.17. The minimum atomic E-state index is -0.434. The third-order valence-corrected chi connectivity index (χ3v) is 5.04. The van der Waals surface area contributed by atoms with Gasteiger partial charge in [-0.05, 0) is 62.5 Å². The Kier molecular flexibility index (Phi) is 6.13. The summed E-state index contributed by atoms with van der Waals surface area (Å²) < 4.78 is 0. The summed E-state index contributed by atoms with van der Waals surface area (Å²) in [7, 11) is 0. The highest BCUT2D eigenvalue weighted by Crippen LogP contribution is 2.20. The fourth-order valence-corrected chi connectivity index (χ4v) is 3.44. The maximum absolute atomic E-state index is 12.3. The number of hydrogen-bond donors (Lipinski definition) is 1. The zero-order chi connectivity index (χ0) is 19.2. The molecule has 0 saturated carbocycles. The number of carbonyl (C=O) groups is 1. The number of carbonyl (C=O) groups excluding carboxylic acids is 1. The number of pyridine rings is 1. The first kappa shape index (κ1) is 19.0. The SMILES string of the molecule is Cc1cc(C(=O)NCC2CCN(Cc3cccnc3)CC2)ccc1[N+](=O)[O-]. The van der Waals surface area contributed by atoms with Gasteiger partial charge >= 0.3 is 0 Å². The number of hydrogen-bond acceptors (Lipinski definition) is 5. The Labute approximate surface area is 158 Å². The molecule has 1 aromatic carbocycles. The van der Waals surface area contributed by atoms with E-state index in [9.17, 15) is 14.9 Å². The van der Waals surface area contributed by atoms with Gasteiger partial charge in [-0.2, -0.15) is 0 Å². The van der Waals surface area contributed by atoms with Gasteiger partial charge in [-0.25, -0.2) is 0 Å². The molecule has 27 heavy (non-hydrogen) atoms. The predicted octanol–water partition coefficient (Wildman–Crippen LogP) is 2.94. The molecule has 1 N–H and O–H groups in total. The van der Waals surface area contributed by atoms with E-state index in [2.05, 4.69) is 21.3 Å². The van der Waals surface area contributed by atoms with Crippen molar-refractivity contribution in [3.05, 3.63) is 69.5 Å². The molecule has 7 nitrogen and oxygen atoms in total. The summed E-state index contributed by atoms with van der Waals surface area (Å²) in [5.74, 6) is 0.282. The zero-order valence-electron chi connectivity index (χ0n) is 15.4. The van der Waals surface area contributed by atoms with Crippen molar-refractivity contribution in [2.24, 2.45) is 5.92 Å². The van der Waals surface area contributed by atoms with Crippen LogP contribution in [0.15, 0.2) is 42.7 Å². The monoisotopic (exact) mass is 368 g/mol. The van der Waals surface area contributed by atoms with E-state index in [0.717, 1.165) is 32.5 Å². The van der Waals surface area contributed by atoms with Crippen molar-refractivity contribution in [3.8, 4) is 0 Å². The normalized spacial score (nSPS) is 15.4. The van der Waals surface area contributed by atoms with Crippen LogP contribution >= 0.6 is 0 Å². The highest BCUT2D eigenvalue weighted by Gasteiger charge is 2.20. The molecule has 0 unspecified atom stereocenters. The first-order valence-electron chi connectivity index (χ1n) is 9.17. The first-order chi connectivity index (χ1) is 13.0. The number of nitro benzene ring substituents is 1. The van der Waals surface area contributed by atoms with Gasteiger partial charge in [0, 0.05) is 42.7 Å². The van der Waals surface area contributed by atoms with Gasteiger partial charge in [0.25, 0.3) is 11.6 Å². The van der Waals surface area contributed by atoms with Crippen LogP contribution in [0.25, 0.3) is 0 Å². The Morgan fingerprint density at radius 2 is 2.11 bits per heavy atom. The number of amides is 1. The van der Waals surface area contributed by atoms with Crippen molar-refractivity contribution in [3.63, 3.8) is 0 Å². The van der Waals surface area contributed by atoms with E-state index < -0.39 is 4.92 Å². The molecule has 7 heteroatoms. The Balaban J connectivity index is 1.45. The minimum Gasteiger partial charge on any atom is -0.352 e. The maximum atomic E-state index is 12.3. The Hall–Kier alpha value is -2.80. The summed E-state index contributed by atoms with van der Waals surface area (Å²) in [5, 5.41) is 13.8. The highest BCUT2D eigenvalue weighted by atomic mass is 16.6. The molecule has 142 valence electrons. The number of piperidine rings is 1. The summed E-state index contributed by atoms with van der Waals surface area (Å²) in [6.07, 6.45) is 5.77. The van der Waals surface area contributed by atoms with E-state index in [1.807, 2.05) is 12.3 Å². The van der Waals surface area contributed by atoms with Gasteiger partial charge in [0.05, 0.1) is 4.92 Å². The summed E-state index contributed by atoms with van der Waals surface area (Å²) in [6, 6.07) is 8.52. The van der Waals surface area contributed by atoms with Crippen molar-refractivity contribution in [2.75, 3.05) is 19.6 Å². The van der Waals surface area contributed by atoms with Crippen LogP contribution in [0.5, 0.6) is 0 Å². The van der Waals surface area contributed by atoms with Crippen LogP contribution in [0.3, 0.4) is 0 Å². The average molecular weight is 368 g/mol. The molecule has 0 spiro atoms. The second kappa shape index (κ2) is 8.73. The number of likely N-dealkylation sites (tertiary alicyclic amines) is 1. The van der Waals surface area contributed by atoms with Crippen LogP contribution in [0.2, 0.25) is 0 Å². The third-order valence-electron chi connectivity index (χ3n) is 5.04. The molecule has 3 rings (SSSR count). The summed E-state index contributed by atoms with van der Waals surface area (Å²) in [4.78, 5) is 29.3. The molecule has 1 aliphatic heterocycles. The van der Waals surface area contributed by atoms with Crippen LogP contribution in [0, 0.1) is 23.0 Å². The summed E-state index contributed by atoms with van der Waals surface area (Å²) >= 11 is 0. The van der Waals surface area contributed by atoms with Crippen LogP contribution < -0.4 is 5.32 Å². The molecule has 0 aliphatic carbocycles. The average Bonchev–Trinajstić information content (AvgIpc) is 2.67. The van der Waals surface area contributed by atoms with Crippen molar-refractivity contribution in [1.29, 1.82) is 0 Å². The number of aryl methyl sites for hydroxylation is 1. The van der Waals surface area contributed by atoms with E-state index in [1.165, 1.54) is 17.7 Å². The quantitative estimate of drug-likeness (QED) is 0.625. The molecule has 1 amide bonds. The lowest BCUT2D eigenvalue weighted by Crippen LogP contribution is -2.38. The van der Waals surface area contributed by atoms with Gasteiger partial charge in [-0.1, -0.05) is 6.07 Å². The number of rotatable bonds is 6. The van der Waals surface area contributed by atoms with Gasteiger partial charge in [-0.3, -0.25) is 24.8 Å². The maximum Gasteiger partial charge on any atom is 0.272 e. The lowest BCUT2D eigenvalue weighted by atomic mass is 9.96. The lowest BCUT2D eigenvalue weighted by molar-refractivity contribution is -0.385. The van der Waals surface area contributed by atoms with Crippen molar-refractivity contribution < 1.29 is 9.72 Å². The topological polar surface area (TPSA) is 88.4 Å². The third kappa shape index (κ3) is 5.10. The number of nitrogens with one attached hydrogen (secondary N) is 1. The van der Waals surface area contributed by atoms with Gasteiger partial charge < -0.3 is 5.32 Å². The summed E-state index contributed by atoms with van der Waals surface area (Å²) in [6.45, 7) is 5.20. The molecular formula is C20H24N4O3. The van der Waals surface area contributed by atoms with Gasteiger partial charge in [-0.15, -0.1) is 0 Å².